The Morgan fingerprint density at radius 3 is 2.93 bits per heavy atom. The van der Waals surface area contributed by atoms with E-state index < -0.39 is 5.91 Å². The normalized spacial score (nSPS) is 15.0. The first-order valence-corrected chi connectivity index (χ1v) is 9.21. The summed E-state index contributed by atoms with van der Waals surface area (Å²) in [5.41, 5.74) is 6.60. The number of pyridine rings is 1. The lowest BCUT2D eigenvalue weighted by atomic mass is 10.2. The first kappa shape index (κ1) is 19.5. The third-order valence-electron chi connectivity index (χ3n) is 4.36. The van der Waals surface area contributed by atoms with Crippen LogP contribution in [-0.4, -0.2) is 45.5 Å². The molecule has 2 aromatic rings. The Hall–Kier alpha value is -3.23. The fourth-order valence-electron chi connectivity index (χ4n) is 2.55. The molecule has 9 heteroatoms. The molecule has 2 heterocycles. The van der Waals surface area contributed by atoms with E-state index in [0.717, 1.165) is 0 Å². The van der Waals surface area contributed by atoms with Crippen LogP contribution in [0.2, 0.25) is 0 Å². The van der Waals surface area contributed by atoms with Crippen molar-refractivity contribution >= 4 is 17.9 Å². The summed E-state index contributed by atoms with van der Waals surface area (Å²) in [6.45, 7) is 4.75. The van der Waals surface area contributed by atoms with E-state index in [0.29, 0.717) is 29.8 Å². The summed E-state index contributed by atoms with van der Waals surface area (Å²) in [6, 6.07) is 5.49. The SMILES string of the molecule is CO/C(N)=C(/C=NCC1CC1)C(=O)Nc1cccc(-c2nncn2C(C)C)n1. The number of ether oxygens (including phenoxy) is 1. The summed E-state index contributed by atoms with van der Waals surface area (Å²) in [7, 11) is 1.41. The average Bonchev–Trinajstić information content (AvgIpc) is 3.36. The smallest absolute Gasteiger partial charge is 0.263 e. The van der Waals surface area contributed by atoms with Gasteiger partial charge in [0.05, 0.1) is 7.11 Å². The molecule has 1 fully saturated rings. The lowest BCUT2D eigenvalue weighted by Gasteiger charge is -2.11. The van der Waals surface area contributed by atoms with E-state index in [2.05, 4.69) is 25.5 Å². The maximum atomic E-state index is 12.7. The number of carbonyl (C=O) groups is 1. The van der Waals surface area contributed by atoms with E-state index in [-0.39, 0.29) is 17.5 Å². The van der Waals surface area contributed by atoms with E-state index in [9.17, 15) is 4.79 Å². The number of rotatable bonds is 8. The second kappa shape index (κ2) is 8.64. The number of aliphatic imine (C=N–C) groups is 1. The predicted octanol–water partition coefficient (Wildman–Crippen LogP) is 2.16. The van der Waals surface area contributed by atoms with Crippen molar-refractivity contribution in [2.24, 2.45) is 16.6 Å². The number of amides is 1. The van der Waals surface area contributed by atoms with Gasteiger partial charge in [-0.2, -0.15) is 0 Å². The topological polar surface area (TPSA) is 120 Å². The minimum atomic E-state index is -0.436. The van der Waals surface area contributed by atoms with Gasteiger partial charge >= 0.3 is 0 Å². The first-order valence-electron chi connectivity index (χ1n) is 9.21. The minimum absolute atomic E-state index is 0.00718. The maximum absolute atomic E-state index is 12.7. The van der Waals surface area contributed by atoms with Crippen LogP contribution in [0.3, 0.4) is 0 Å². The van der Waals surface area contributed by atoms with Crippen molar-refractivity contribution in [1.82, 2.24) is 19.7 Å². The van der Waals surface area contributed by atoms with Crippen molar-refractivity contribution in [3.8, 4) is 11.5 Å². The summed E-state index contributed by atoms with van der Waals surface area (Å²) >= 11 is 0. The van der Waals surface area contributed by atoms with Crippen molar-refractivity contribution < 1.29 is 9.53 Å². The highest BCUT2D eigenvalue weighted by Crippen LogP contribution is 2.28. The van der Waals surface area contributed by atoms with Crippen molar-refractivity contribution in [3.05, 3.63) is 36.0 Å². The van der Waals surface area contributed by atoms with Crippen LogP contribution in [0.25, 0.3) is 11.5 Å². The third kappa shape index (κ3) is 4.73. The van der Waals surface area contributed by atoms with Crippen LogP contribution in [0, 0.1) is 5.92 Å². The number of carbonyl (C=O) groups excluding carboxylic acids is 1. The minimum Gasteiger partial charge on any atom is -0.482 e. The van der Waals surface area contributed by atoms with Crippen molar-refractivity contribution in [3.63, 3.8) is 0 Å². The largest absolute Gasteiger partial charge is 0.482 e. The lowest BCUT2D eigenvalue weighted by molar-refractivity contribution is -0.112. The number of aromatic nitrogens is 4. The zero-order valence-corrected chi connectivity index (χ0v) is 16.3. The van der Waals surface area contributed by atoms with Gasteiger partial charge in [0.2, 0.25) is 0 Å². The van der Waals surface area contributed by atoms with Gasteiger partial charge < -0.3 is 20.4 Å². The van der Waals surface area contributed by atoms with Crippen LogP contribution in [0.15, 0.2) is 41.0 Å². The molecule has 2 aromatic heterocycles. The zero-order chi connectivity index (χ0) is 20.1. The molecule has 0 unspecified atom stereocenters. The molecule has 0 aromatic carbocycles. The molecule has 3 N–H and O–H groups in total. The van der Waals surface area contributed by atoms with E-state index >= 15 is 0 Å². The molecule has 0 spiro atoms. The quantitative estimate of drug-likeness (QED) is 0.409. The van der Waals surface area contributed by atoms with Gasteiger partial charge in [0.15, 0.2) is 11.7 Å². The van der Waals surface area contributed by atoms with Crippen LogP contribution >= 0.6 is 0 Å². The summed E-state index contributed by atoms with van der Waals surface area (Å²) in [4.78, 5) is 21.5. The molecule has 9 nitrogen and oxygen atoms in total. The number of methoxy groups -OCH3 is 1. The summed E-state index contributed by atoms with van der Waals surface area (Å²) in [5.74, 6) is 1.18. The number of nitrogens with one attached hydrogen (secondary N) is 1. The van der Waals surface area contributed by atoms with E-state index in [1.807, 2.05) is 24.5 Å². The highest BCUT2D eigenvalue weighted by molar-refractivity contribution is 6.17. The molecule has 0 saturated heterocycles. The molecular formula is C19H25N7O2. The number of hydrogen-bond acceptors (Lipinski definition) is 7. The Morgan fingerprint density at radius 1 is 1.46 bits per heavy atom. The lowest BCUT2D eigenvalue weighted by Crippen LogP contribution is -2.21. The van der Waals surface area contributed by atoms with Crippen LogP contribution in [0.4, 0.5) is 5.82 Å². The number of nitrogens with two attached hydrogens (primary N) is 1. The zero-order valence-electron chi connectivity index (χ0n) is 16.3. The molecule has 0 bridgehead atoms. The molecule has 3 rings (SSSR count). The average molecular weight is 383 g/mol. The predicted molar refractivity (Wildman–Crippen MR) is 107 cm³/mol. The Labute approximate surface area is 163 Å². The molecule has 148 valence electrons. The number of nitrogens with zero attached hydrogens (tertiary/aromatic N) is 5. The fourth-order valence-corrected chi connectivity index (χ4v) is 2.55. The summed E-state index contributed by atoms with van der Waals surface area (Å²) in [5, 5.41) is 10.8. The molecule has 1 aliphatic carbocycles. The molecule has 0 radical (unpaired) electrons. The van der Waals surface area contributed by atoms with Gasteiger partial charge in [0, 0.05) is 18.8 Å². The number of hydrogen-bond donors (Lipinski definition) is 2. The van der Waals surface area contributed by atoms with E-state index in [4.69, 9.17) is 10.5 Å². The van der Waals surface area contributed by atoms with Gasteiger partial charge in [-0.25, -0.2) is 4.98 Å². The van der Waals surface area contributed by atoms with Gasteiger partial charge in [0.25, 0.3) is 5.91 Å². The number of anilines is 1. The molecule has 0 atom stereocenters. The maximum Gasteiger partial charge on any atom is 0.263 e. The molecule has 0 aliphatic heterocycles. The van der Waals surface area contributed by atoms with E-state index in [1.54, 1.807) is 18.5 Å². The van der Waals surface area contributed by atoms with Crippen molar-refractivity contribution in [2.45, 2.75) is 32.7 Å². The Bertz CT molecular complexity index is 897. The Balaban J connectivity index is 1.78. The van der Waals surface area contributed by atoms with Gasteiger partial charge in [-0.15, -0.1) is 10.2 Å². The summed E-state index contributed by atoms with van der Waals surface area (Å²) < 4.78 is 6.94. The Morgan fingerprint density at radius 2 is 2.25 bits per heavy atom. The van der Waals surface area contributed by atoms with Crippen LogP contribution in [0.5, 0.6) is 0 Å². The highest BCUT2D eigenvalue weighted by Gasteiger charge is 2.21. The van der Waals surface area contributed by atoms with Crippen LogP contribution in [0.1, 0.15) is 32.7 Å². The van der Waals surface area contributed by atoms with Crippen molar-refractivity contribution in [2.75, 3.05) is 19.0 Å². The van der Waals surface area contributed by atoms with E-state index in [1.165, 1.54) is 26.2 Å². The fraction of sp³-hybridized carbons (Fsp3) is 0.421. The van der Waals surface area contributed by atoms with Crippen LogP contribution < -0.4 is 11.1 Å². The molecule has 1 saturated carbocycles. The standard InChI is InChI=1S/C19H25N7O2/c1-12(2)26-11-22-25-18(26)15-5-4-6-16(23-15)24-19(27)14(17(20)28-3)10-21-9-13-7-8-13/h4-6,10-13H,7-9,20H2,1-3H3,(H,23,24,27)/b17-14-,21-10?. The van der Waals surface area contributed by atoms with Gasteiger partial charge in [-0.1, -0.05) is 6.07 Å². The summed E-state index contributed by atoms with van der Waals surface area (Å²) in [6.07, 6.45) is 5.48. The first-order chi connectivity index (χ1) is 13.5. The monoisotopic (exact) mass is 383 g/mol. The highest BCUT2D eigenvalue weighted by atomic mass is 16.5. The third-order valence-corrected chi connectivity index (χ3v) is 4.36. The van der Waals surface area contributed by atoms with Gasteiger partial charge in [-0.3, -0.25) is 9.79 Å². The van der Waals surface area contributed by atoms with Crippen molar-refractivity contribution in [1.29, 1.82) is 0 Å². The second-order valence-electron chi connectivity index (χ2n) is 6.94. The molecule has 1 amide bonds. The molecular weight excluding hydrogens is 358 g/mol. The van der Waals surface area contributed by atoms with Gasteiger partial charge in [-0.05, 0) is 44.7 Å². The Kier molecular flexibility index (Phi) is 6.03. The van der Waals surface area contributed by atoms with Crippen LogP contribution in [-0.2, 0) is 9.53 Å². The molecule has 28 heavy (non-hydrogen) atoms. The van der Waals surface area contributed by atoms with Gasteiger partial charge in [0.1, 0.15) is 23.4 Å². The molecule has 1 aliphatic rings. The second-order valence-corrected chi connectivity index (χ2v) is 6.94.